The van der Waals surface area contributed by atoms with Gasteiger partial charge < -0.3 is 1.43 Å². The van der Waals surface area contributed by atoms with E-state index in [1.807, 2.05) is 0 Å². The third kappa shape index (κ3) is 1.99. The second-order valence-corrected chi connectivity index (χ2v) is 4.46. The van der Waals surface area contributed by atoms with E-state index in [0.717, 1.165) is 9.52 Å². The zero-order valence-electron chi connectivity index (χ0n) is 9.46. The average molecular weight is 180 g/mol. The van der Waals surface area contributed by atoms with E-state index < -0.39 is 0 Å². The Morgan fingerprint density at radius 3 is 2.85 bits per heavy atom. The molecule has 2 radical (unpaired) electrons. The predicted molar refractivity (Wildman–Crippen MR) is 55.7 cm³/mol. The molecule has 1 aliphatic carbocycles. The zero-order valence-corrected chi connectivity index (χ0v) is 9.46. The van der Waals surface area contributed by atoms with Gasteiger partial charge in [0, 0.05) is 9.52 Å². The molecule has 62 valence electrons. The van der Waals surface area contributed by atoms with Gasteiger partial charge in [0.15, 0.2) is 0 Å². The number of rotatable bonds is 1. The van der Waals surface area contributed by atoms with Crippen molar-refractivity contribution in [3.63, 3.8) is 0 Å². The molecule has 13 heavy (non-hydrogen) atoms. The van der Waals surface area contributed by atoms with Crippen molar-refractivity contribution in [2.45, 2.75) is 19.0 Å². The number of aryl methyl sites for hydroxylation is 1. The van der Waals surface area contributed by atoms with E-state index in [4.69, 9.17) is 0 Å². The third-order valence-electron chi connectivity index (χ3n) is 2.36. The normalized spacial score (nSPS) is 18.2. The molecular formula is C11H13LiSi. The fourth-order valence-corrected chi connectivity index (χ4v) is 2.54. The molecule has 1 atom stereocenters. The SMILES string of the molecule is C[Si]C1C=Cc2cc(C)ccc21.[H-].[Li+]. The maximum Gasteiger partial charge on any atom is 1.00 e. The smallest absolute Gasteiger partial charge is 1.00 e. The van der Waals surface area contributed by atoms with Gasteiger partial charge in [-0.1, -0.05) is 42.5 Å². The fourth-order valence-electron chi connectivity index (χ4n) is 1.68. The van der Waals surface area contributed by atoms with E-state index in [9.17, 15) is 0 Å². The third-order valence-corrected chi connectivity index (χ3v) is 3.48. The molecule has 2 rings (SSSR count). The molecule has 0 saturated heterocycles. The molecule has 0 fully saturated rings. The van der Waals surface area contributed by atoms with Crippen LogP contribution in [0.1, 0.15) is 23.7 Å². The first kappa shape index (κ1) is 10.9. The van der Waals surface area contributed by atoms with E-state index >= 15 is 0 Å². The summed E-state index contributed by atoms with van der Waals surface area (Å²) in [4.78, 5) is 0. The van der Waals surface area contributed by atoms with Crippen molar-refractivity contribution in [3.8, 4) is 0 Å². The molecule has 0 heterocycles. The Bertz CT molecular complexity index is 336. The van der Waals surface area contributed by atoms with Crippen molar-refractivity contribution in [2.75, 3.05) is 0 Å². The molecule has 0 bridgehead atoms. The molecule has 0 spiro atoms. The Morgan fingerprint density at radius 2 is 2.15 bits per heavy atom. The summed E-state index contributed by atoms with van der Waals surface area (Å²) in [6, 6.07) is 6.75. The minimum absolute atomic E-state index is 0. The molecule has 1 unspecified atom stereocenters. The first-order valence-electron chi connectivity index (χ1n) is 4.27. The number of benzene rings is 1. The van der Waals surface area contributed by atoms with Crippen LogP contribution in [0.2, 0.25) is 6.55 Å². The van der Waals surface area contributed by atoms with E-state index in [2.05, 4.69) is 43.8 Å². The van der Waals surface area contributed by atoms with Gasteiger partial charge in [0.25, 0.3) is 0 Å². The standard InChI is InChI=1S/C11H12Si.Li.H/c1-8-3-5-10-9(7-8)4-6-11(10)12-2;;/h3-7,11H,1-2H3;;/q;+1;-1. The van der Waals surface area contributed by atoms with E-state index in [1.54, 1.807) is 0 Å². The Kier molecular flexibility index (Phi) is 3.61. The predicted octanol–water partition coefficient (Wildman–Crippen LogP) is -0.0683. The van der Waals surface area contributed by atoms with Gasteiger partial charge in [-0.2, -0.15) is 0 Å². The first-order valence-corrected chi connectivity index (χ1v) is 5.85. The van der Waals surface area contributed by atoms with Gasteiger partial charge in [-0.15, -0.1) is 0 Å². The molecule has 0 amide bonds. The molecule has 0 N–H and O–H groups in total. The molecule has 1 aliphatic rings. The van der Waals surface area contributed by atoms with Crippen LogP contribution < -0.4 is 18.9 Å². The Hall–Kier alpha value is -0.226. The topological polar surface area (TPSA) is 0 Å². The van der Waals surface area contributed by atoms with Crippen molar-refractivity contribution >= 4 is 15.6 Å². The number of fused-ring (bicyclic) bond motifs is 1. The summed E-state index contributed by atoms with van der Waals surface area (Å²) in [5.74, 6) is 0. The molecule has 0 nitrogen and oxygen atoms in total. The van der Waals surface area contributed by atoms with Gasteiger partial charge in [0.05, 0.1) is 0 Å². The molecule has 1 aromatic carbocycles. The fraction of sp³-hybridized carbons (Fsp3) is 0.273. The van der Waals surface area contributed by atoms with Gasteiger partial charge in [0.1, 0.15) is 0 Å². The molecule has 0 aromatic heterocycles. The quantitative estimate of drug-likeness (QED) is 0.531. The monoisotopic (exact) mass is 180 g/mol. The van der Waals surface area contributed by atoms with Crippen LogP contribution in [-0.4, -0.2) is 9.52 Å². The number of hydrogen-bond acceptors (Lipinski definition) is 0. The van der Waals surface area contributed by atoms with Crippen LogP contribution in [0.3, 0.4) is 0 Å². The van der Waals surface area contributed by atoms with Crippen LogP contribution in [0.25, 0.3) is 6.08 Å². The molecule has 1 aromatic rings. The number of hydrogen-bond donors (Lipinski definition) is 0. The van der Waals surface area contributed by atoms with Crippen molar-refractivity contribution in [3.05, 3.63) is 41.0 Å². The summed E-state index contributed by atoms with van der Waals surface area (Å²) in [6.07, 6.45) is 4.58. The first-order chi connectivity index (χ1) is 5.81. The van der Waals surface area contributed by atoms with Gasteiger partial charge in [0.2, 0.25) is 0 Å². The van der Waals surface area contributed by atoms with Crippen molar-refractivity contribution in [1.82, 2.24) is 0 Å². The van der Waals surface area contributed by atoms with Crippen LogP contribution in [-0.2, 0) is 0 Å². The van der Waals surface area contributed by atoms with Gasteiger partial charge in [-0.05, 0) is 23.6 Å². The maximum absolute atomic E-state index is 2.32. The molecular weight excluding hydrogens is 167 g/mol. The second-order valence-electron chi connectivity index (χ2n) is 3.26. The van der Waals surface area contributed by atoms with Crippen molar-refractivity contribution in [2.24, 2.45) is 0 Å². The minimum Gasteiger partial charge on any atom is -1.00 e. The summed E-state index contributed by atoms with van der Waals surface area (Å²) in [5, 5.41) is 0. The summed E-state index contributed by atoms with van der Waals surface area (Å²) >= 11 is 0. The Labute approximate surface area is 95.9 Å². The van der Waals surface area contributed by atoms with Crippen LogP contribution in [0.5, 0.6) is 0 Å². The van der Waals surface area contributed by atoms with Crippen molar-refractivity contribution in [1.29, 1.82) is 0 Å². The Balaban J connectivity index is 0.000000845. The van der Waals surface area contributed by atoms with E-state index in [0.29, 0.717) is 5.54 Å². The number of allylic oxidation sites excluding steroid dienone is 1. The van der Waals surface area contributed by atoms with Crippen LogP contribution in [0.15, 0.2) is 24.3 Å². The summed E-state index contributed by atoms with van der Waals surface area (Å²) in [7, 11) is 0.988. The van der Waals surface area contributed by atoms with Gasteiger partial charge >= 0.3 is 18.9 Å². The summed E-state index contributed by atoms with van der Waals surface area (Å²) < 4.78 is 0. The summed E-state index contributed by atoms with van der Waals surface area (Å²) in [5.41, 5.74) is 5.00. The maximum atomic E-state index is 2.32. The summed E-state index contributed by atoms with van der Waals surface area (Å²) in [6.45, 7) is 4.42. The minimum atomic E-state index is 0. The molecule has 2 heteroatoms. The zero-order chi connectivity index (χ0) is 8.55. The second kappa shape index (κ2) is 4.33. The Morgan fingerprint density at radius 1 is 1.38 bits per heavy atom. The molecule has 0 aliphatic heterocycles. The van der Waals surface area contributed by atoms with Crippen LogP contribution in [0, 0.1) is 6.92 Å². The van der Waals surface area contributed by atoms with Crippen LogP contribution >= 0.6 is 0 Å². The van der Waals surface area contributed by atoms with E-state index in [-0.39, 0.29) is 20.3 Å². The largest absolute Gasteiger partial charge is 1.00 e. The van der Waals surface area contributed by atoms with Crippen LogP contribution in [0.4, 0.5) is 0 Å². The van der Waals surface area contributed by atoms with Gasteiger partial charge in [-0.3, -0.25) is 0 Å². The molecule has 0 saturated carbocycles. The van der Waals surface area contributed by atoms with Crippen molar-refractivity contribution < 1.29 is 20.3 Å². The average Bonchev–Trinajstić information content (AvgIpc) is 2.46. The van der Waals surface area contributed by atoms with Gasteiger partial charge in [-0.25, -0.2) is 0 Å². The van der Waals surface area contributed by atoms with E-state index in [1.165, 1.54) is 16.7 Å².